The summed E-state index contributed by atoms with van der Waals surface area (Å²) >= 11 is 12.4. The molecule has 38 heavy (non-hydrogen) atoms. The molecule has 0 amide bonds. The summed E-state index contributed by atoms with van der Waals surface area (Å²) < 4.78 is 17.3. The van der Waals surface area contributed by atoms with Crippen LogP contribution in [0.5, 0.6) is 17.2 Å². The van der Waals surface area contributed by atoms with E-state index in [1.165, 1.54) is 0 Å². The zero-order valence-corrected chi connectivity index (χ0v) is 21.4. The number of carbonyl (C=O) groups is 1. The molecule has 1 atom stereocenters. The first kappa shape index (κ1) is 25.2. The van der Waals surface area contributed by atoms with Gasteiger partial charge in [-0.3, -0.25) is 0 Å². The summed E-state index contributed by atoms with van der Waals surface area (Å²) in [6.45, 7) is 0.288. The maximum atomic E-state index is 12.6. The molecule has 0 spiro atoms. The fraction of sp³-hybridized carbons (Fsp3) is 0.0667. The van der Waals surface area contributed by atoms with Crippen LogP contribution in [0.25, 0.3) is 0 Å². The van der Waals surface area contributed by atoms with Gasteiger partial charge in [-0.15, -0.1) is 0 Å². The van der Waals surface area contributed by atoms with E-state index >= 15 is 0 Å². The molecule has 1 aliphatic rings. The second-order valence-electron chi connectivity index (χ2n) is 8.45. The molecule has 2 N–H and O–H groups in total. The molecule has 4 aromatic rings. The van der Waals surface area contributed by atoms with Crippen molar-refractivity contribution in [1.82, 2.24) is 0 Å². The number of benzene rings is 4. The summed E-state index contributed by atoms with van der Waals surface area (Å²) in [4.78, 5) is 12.6. The Hall–Kier alpha value is -4.44. The van der Waals surface area contributed by atoms with E-state index in [1.807, 2.05) is 48.5 Å². The first-order valence-corrected chi connectivity index (χ1v) is 12.3. The fourth-order valence-corrected chi connectivity index (χ4v) is 4.59. The van der Waals surface area contributed by atoms with Gasteiger partial charge >= 0.3 is 5.97 Å². The molecule has 6 nitrogen and oxygen atoms in total. The van der Waals surface area contributed by atoms with Gasteiger partial charge in [-0.2, -0.15) is 5.26 Å². The van der Waals surface area contributed by atoms with E-state index in [2.05, 4.69) is 6.07 Å². The van der Waals surface area contributed by atoms with Crippen LogP contribution in [-0.4, -0.2) is 5.97 Å². The lowest BCUT2D eigenvalue weighted by Crippen LogP contribution is -2.21. The van der Waals surface area contributed by atoms with Crippen molar-refractivity contribution in [2.75, 3.05) is 0 Å². The maximum absolute atomic E-state index is 12.6. The van der Waals surface area contributed by atoms with E-state index in [-0.39, 0.29) is 34.4 Å². The number of nitrogens with two attached hydrogens (primary N) is 1. The van der Waals surface area contributed by atoms with Crippen LogP contribution in [0.3, 0.4) is 0 Å². The summed E-state index contributed by atoms with van der Waals surface area (Å²) in [6, 6.07) is 28.6. The van der Waals surface area contributed by atoms with Crippen LogP contribution in [-0.2, 0) is 6.61 Å². The lowest BCUT2D eigenvalue weighted by molar-refractivity contribution is 0.0734. The number of allylic oxidation sites excluding steroid dienone is 1. The second-order valence-corrected chi connectivity index (χ2v) is 9.26. The number of hydrogen-bond donors (Lipinski definition) is 1. The average molecular weight is 543 g/mol. The van der Waals surface area contributed by atoms with E-state index in [0.29, 0.717) is 22.1 Å². The minimum Gasteiger partial charge on any atom is -0.489 e. The topological polar surface area (TPSA) is 94.6 Å². The van der Waals surface area contributed by atoms with E-state index in [1.54, 1.807) is 42.5 Å². The Balaban J connectivity index is 1.43. The van der Waals surface area contributed by atoms with Crippen LogP contribution in [0.15, 0.2) is 102 Å². The standard InChI is InChI=1S/C30H20Cl2N2O4/c31-25-10-3-1-6-19(25)17-36-20-8-5-7-18(14-20)28-23-13-12-21(15-27(23)38-29(34)24(28)16-33)37-30(35)22-9-2-4-11-26(22)32/h1-15,28H,17,34H2. The average Bonchev–Trinajstić information content (AvgIpc) is 2.92. The first-order chi connectivity index (χ1) is 18.4. The third-order valence-corrected chi connectivity index (χ3v) is 6.74. The molecule has 188 valence electrons. The smallest absolute Gasteiger partial charge is 0.345 e. The predicted molar refractivity (Wildman–Crippen MR) is 144 cm³/mol. The number of rotatable bonds is 6. The van der Waals surface area contributed by atoms with Gasteiger partial charge in [0.15, 0.2) is 0 Å². The minimum absolute atomic E-state index is 0.0260. The third kappa shape index (κ3) is 5.16. The normalized spacial score (nSPS) is 14.2. The van der Waals surface area contributed by atoms with Gasteiger partial charge in [0.2, 0.25) is 5.88 Å². The van der Waals surface area contributed by atoms with Crippen molar-refractivity contribution in [3.8, 4) is 23.3 Å². The SMILES string of the molecule is N#CC1=C(N)Oc2cc(OC(=O)c3ccccc3Cl)ccc2C1c1cccc(OCc2ccccc2Cl)c1. The molecule has 0 fully saturated rings. The molecule has 8 heteroatoms. The van der Waals surface area contributed by atoms with Crippen LogP contribution in [0, 0.1) is 11.3 Å². The highest BCUT2D eigenvalue weighted by atomic mass is 35.5. The Morgan fingerprint density at radius 1 is 0.921 bits per heavy atom. The van der Waals surface area contributed by atoms with Gasteiger partial charge in [-0.25, -0.2) is 4.79 Å². The van der Waals surface area contributed by atoms with Crippen LogP contribution >= 0.6 is 23.2 Å². The number of nitrogens with zero attached hydrogens (tertiary/aromatic N) is 1. The molecule has 0 radical (unpaired) electrons. The molecule has 5 rings (SSSR count). The number of esters is 1. The third-order valence-electron chi connectivity index (χ3n) is 6.04. The number of hydrogen-bond acceptors (Lipinski definition) is 6. The van der Waals surface area contributed by atoms with Crippen molar-refractivity contribution in [3.63, 3.8) is 0 Å². The molecule has 0 bridgehead atoms. The van der Waals surface area contributed by atoms with E-state index in [0.717, 1.165) is 11.1 Å². The molecule has 0 saturated carbocycles. The molecule has 0 saturated heterocycles. The Bertz CT molecular complexity index is 1610. The quantitative estimate of drug-likeness (QED) is 0.208. The van der Waals surface area contributed by atoms with E-state index < -0.39 is 11.9 Å². The van der Waals surface area contributed by atoms with Gasteiger partial charge in [0, 0.05) is 22.2 Å². The lowest BCUT2D eigenvalue weighted by Gasteiger charge is -2.27. The number of nitriles is 1. The van der Waals surface area contributed by atoms with Crippen molar-refractivity contribution in [2.24, 2.45) is 5.73 Å². The summed E-state index contributed by atoms with van der Waals surface area (Å²) in [5.74, 6) is 0.0859. The van der Waals surface area contributed by atoms with Gasteiger partial charge in [0.25, 0.3) is 0 Å². The number of halogens is 2. The molecule has 1 aliphatic heterocycles. The second kappa shape index (κ2) is 10.9. The summed E-state index contributed by atoms with van der Waals surface area (Å²) in [7, 11) is 0. The zero-order chi connectivity index (χ0) is 26.6. The Morgan fingerprint density at radius 3 is 2.45 bits per heavy atom. The van der Waals surface area contributed by atoms with Crippen LogP contribution in [0.2, 0.25) is 10.0 Å². The molecule has 1 heterocycles. The predicted octanol–water partition coefficient (Wildman–Crippen LogP) is 7.01. The minimum atomic E-state index is -0.604. The Kier molecular flexibility index (Phi) is 7.23. The molecule has 1 unspecified atom stereocenters. The highest BCUT2D eigenvalue weighted by molar-refractivity contribution is 6.33. The van der Waals surface area contributed by atoms with Gasteiger partial charge in [0.05, 0.1) is 16.5 Å². The number of fused-ring (bicyclic) bond motifs is 1. The molecule has 0 aliphatic carbocycles. The monoisotopic (exact) mass is 542 g/mol. The number of ether oxygens (including phenoxy) is 3. The van der Waals surface area contributed by atoms with Crippen LogP contribution < -0.4 is 19.9 Å². The zero-order valence-electron chi connectivity index (χ0n) is 19.9. The van der Waals surface area contributed by atoms with Gasteiger partial charge < -0.3 is 19.9 Å². The van der Waals surface area contributed by atoms with Crippen molar-refractivity contribution in [2.45, 2.75) is 12.5 Å². The Morgan fingerprint density at radius 2 is 1.68 bits per heavy atom. The van der Waals surface area contributed by atoms with Crippen molar-refractivity contribution in [3.05, 3.63) is 135 Å². The molecular formula is C30H20Cl2N2O4. The van der Waals surface area contributed by atoms with Crippen LogP contribution in [0.1, 0.15) is 33.0 Å². The highest BCUT2D eigenvalue weighted by Gasteiger charge is 2.31. The molecule has 4 aromatic carbocycles. The van der Waals surface area contributed by atoms with Gasteiger partial charge in [0.1, 0.15) is 35.5 Å². The van der Waals surface area contributed by atoms with E-state index in [9.17, 15) is 10.1 Å². The molecule has 0 aromatic heterocycles. The highest BCUT2D eigenvalue weighted by Crippen LogP contribution is 2.44. The summed E-state index contributed by atoms with van der Waals surface area (Å²) in [5, 5.41) is 10.8. The fourth-order valence-electron chi connectivity index (χ4n) is 4.19. The number of carbonyl (C=O) groups excluding carboxylic acids is 1. The maximum Gasteiger partial charge on any atom is 0.345 e. The van der Waals surface area contributed by atoms with Gasteiger partial charge in [-0.1, -0.05) is 71.7 Å². The van der Waals surface area contributed by atoms with Gasteiger partial charge in [-0.05, 0) is 42.0 Å². The van der Waals surface area contributed by atoms with Crippen LogP contribution in [0.4, 0.5) is 0 Å². The lowest BCUT2D eigenvalue weighted by atomic mass is 9.83. The van der Waals surface area contributed by atoms with E-state index in [4.69, 9.17) is 43.1 Å². The van der Waals surface area contributed by atoms with Crippen molar-refractivity contribution in [1.29, 1.82) is 5.26 Å². The summed E-state index contributed by atoms with van der Waals surface area (Å²) in [5.41, 5.74) is 8.99. The Labute approximate surface area is 229 Å². The van der Waals surface area contributed by atoms with Crippen molar-refractivity contribution >= 4 is 29.2 Å². The first-order valence-electron chi connectivity index (χ1n) is 11.6. The summed E-state index contributed by atoms with van der Waals surface area (Å²) in [6.07, 6.45) is 0. The van der Waals surface area contributed by atoms with Crippen molar-refractivity contribution < 1.29 is 19.0 Å². The largest absolute Gasteiger partial charge is 0.489 e. The molecular weight excluding hydrogens is 523 g/mol.